The van der Waals surface area contributed by atoms with Crippen molar-refractivity contribution in [3.8, 4) is 17.2 Å². The largest absolute Gasteiger partial charge is 0.492 e. The Hall–Kier alpha value is -2.16. The number of thioether (sulfide) groups is 1. The summed E-state index contributed by atoms with van der Waals surface area (Å²) >= 11 is 10.2. The van der Waals surface area contributed by atoms with Crippen molar-refractivity contribution < 1.29 is 23.8 Å². The quantitative estimate of drug-likeness (QED) is 0.373. The summed E-state index contributed by atoms with van der Waals surface area (Å²) in [6, 6.07) is 10.5. The maximum absolute atomic E-state index is 12.7. The van der Waals surface area contributed by atoms with Crippen LogP contribution in [0.15, 0.2) is 45.8 Å². The summed E-state index contributed by atoms with van der Waals surface area (Å²) in [7, 11) is 0. The predicted octanol–water partition coefficient (Wildman–Crippen LogP) is 6.02. The number of rotatable bonds is 9. The standard InChI is InChI=1S/C22H21BrClNO5S/c1-3-28-18-12-14(11-17(23)20(18)29-4-2)13-19-21(26)25(22(27)31-19)9-10-30-16-7-5-15(24)6-8-16/h5-8,11-13H,3-4,9-10H2,1-2H3/b19-13-. The van der Waals surface area contributed by atoms with E-state index in [9.17, 15) is 9.59 Å². The fourth-order valence-electron chi connectivity index (χ4n) is 2.85. The molecule has 0 atom stereocenters. The molecule has 0 aromatic heterocycles. The van der Waals surface area contributed by atoms with Crippen molar-refractivity contribution in [3.63, 3.8) is 0 Å². The molecule has 0 bridgehead atoms. The number of nitrogens with zero attached hydrogens (tertiary/aromatic N) is 1. The molecule has 1 heterocycles. The van der Waals surface area contributed by atoms with Gasteiger partial charge >= 0.3 is 0 Å². The van der Waals surface area contributed by atoms with Gasteiger partial charge in [0.1, 0.15) is 12.4 Å². The summed E-state index contributed by atoms with van der Waals surface area (Å²) in [4.78, 5) is 26.6. The highest BCUT2D eigenvalue weighted by molar-refractivity contribution is 9.10. The summed E-state index contributed by atoms with van der Waals surface area (Å²) < 4.78 is 17.6. The maximum Gasteiger partial charge on any atom is 0.293 e. The Morgan fingerprint density at radius 3 is 2.45 bits per heavy atom. The number of hydrogen-bond acceptors (Lipinski definition) is 6. The minimum absolute atomic E-state index is 0.155. The first-order valence-electron chi connectivity index (χ1n) is 9.65. The monoisotopic (exact) mass is 525 g/mol. The average molecular weight is 527 g/mol. The zero-order valence-electron chi connectivity index (χ0n) is 17.0. The van der Waals surface area contributed by atoms with Crippen molar-refractivity contribution in [2.45, 2.75) is 13.8 Å². The molecule has 1 fully saturated rings. The number of amides is 2. The third-order valence-electron chi connectivity index (χ3n) is 4.19. The van der Waals surface area contributed by atoms with Gasteiger partial charge in [0, 0.05) is 5.02 Å². The Bertz CT molecular complexity index is 996. The first-order chi connectivity index (χ1) is 14.9. The lowest BCUT2D eigenvalue weighted by atomic mass is 10.2. The van der Waals surface area contributed by atoms with Gasteiger partial charge in [-0.2, -0.15) is 0 Å². The minimum Gasteiger partial charge on any atom is -0.492 e. The number of benzene rings is 2. The molecular formula is C22H21BrClNO5S. The molecule has 0 unspecified atom stereocenters. The van der Waals surface area contributed by atoms with Crippen LogP contribution in [0.5, 0.6) is 17.2 Å². The number of halogens is 2. The maximum atomic E-state index is 12.7. The molecule has 0 radical (unpaired) electrons. The van der Waals surface area contributed by atoms with Crippen LogP contribution in [0.3, 0.4) is 0 Å². The van der Waals surface area contributed by atoms with Gasteiger partial charge in [0.15, 0.2) is 11.5 Å². The Morgan fingerprint density at radius 1 is 1.06 bits per heavy atom. The van der Waals surface area contributed by atoms with Crippen molar-refractivity contribution in [2.24, 2.45) is 0 Å². The van der Waals surface area contributed by atoms with E-state index in [2.05, 4.69) is 15.9 Å². The lowest BCUT2D eigenvalue weighted by molar-refractivity contribution is -0.123. The highest BCUT2D eigenvalue weighted by Gasteiger charge is 2.34. The van der Waals surface area contributed by atoms with Crippen molar-refractivity contribution in [2.75, 3.05) is 26.4 Å². The highest BCUT2D eigenvalue weighted by Crippen LogP contribution is 2.39. The van der Waals surface area contributed by atoms with Crippen LogP contribution in [-0.2, 0) is 4.79 Å². The predicted molar refractivity (Wildman–Crippen MR) is 126 cm³/mol. The summed E-state index contributed by atoms with van der Waals surface area (Å²) in [6.07, 6.45) is 1.67. The van der Waals surface area contributed by atoms with Crippen molar-refractivity contribution in [3.05, 3.63) is 56.4 Å². The van der Waals surface area contributed by atoms with Crippen LogP contribution >= 0.6 is 39.3 Å². The second-order valence-corrected chi connectivity index (χ2v) is 8.62. The number of carbonyl (C=O) groups is 2. The van der Waals surface area contributed by atoms with E-state index in [0.717, 1.165) is 17.3 Å². The molecular weight excluding hydrogens is 506 g/mol. The van der Waals surface area contributed by atoms with E-state index in [-0.39, 0.29) is 24.3 Å². The number of carbonyl (C=O) groups excluding carboxylic acids is 2. The van der Waals surface area contributed by atoms with Gasteiger partial charge < -0.3 is 14.2 Å². The van der Waals surface area contributed by atoms with Crippen LogP contribution in [0.25, 0.3) is 6.08 Å². The molecule has 1 saturated heterocycles. The van der Waals surface area contributed by atoms with E-state index >= 15 is 0 Å². The highest BCUT2D eigenvalue weighted by atomic mass is 79.9. The van der Waals surface area contributed by atoms with Crippen LogP contribution in [-0.4, -0.2) is 42.4 Å². The normalized spacial score (nSPS) is 15.0. The molecule has 3 rings (SSSR count). The van der Waals surface area contributed by atoms with Gasteiger partial charge in [-0.3, -0.25) is 14.5 Å². The summed E-state index contributed by atoms with van der Waals surface area (Å²) in [5.74, 6) is 1.45. The average Bonchev–Trinajstić information content (AvgIpc) is 2.99. The van der Waals surface area contributed by atoms with E-state index in [0.29, 0.717) is 44.9 Å². The molecule has 1 aliphatic heterocycles. The smallest absolute Gasteiger partial charge is 0.293 e. The van der Waals surface area contributed by atoms with E-state index < -0.39 is 0 Å². The lowest BCUT2D eigenvalue weighted by Gasteiger charge is -2.14. The van der Waals surface area contributed by atoms with Gasteiger partial charge in [0.05, 0.1) is 29.1 Å². The Balaban J connectivity index is 1.71. The van der Waals surface area contributed by atoms with E-state index in [1.807, 2.05) is 19.9 Å². The second-order valence-electron chi connectivity index (χ2n) is 6.33. The topological polar surface area (TPSA) is 65.1 Å². The summed E-state index contributed by atoms with van der Waals surface area (Å²) in [5.41, 5.74) is 0.724. The fourth-order valence-corrected chi connectivity index (χ4v) is 4.41. The molecule has 0 saturated carbocycles. The van der Waals surface area contributed by atoms with Crippen LogP contribution in [0.4, 0.5) is 4.79 Å². The van der Waals surface area contributed by atoms with Gasteiger partial charge in [-0.1, -0.05) is 11.6 Å². The molecule has 9 heteroatoms. The lowest BCUT2D eigenvalue weighted by Crippen LogP contribution is -2.32. The third-order valence-corrected chi connectivity index (χ3v) is 5.94. The van der Waals surface area contributed by atoms with Gasteiger partial charge in [0.2, 0.25) is 0 Å². The van der Waals surface area contributed by atoms with Crippen LogP contribution in [0.2, 0.25) is 5.02 Å². The Morgan fingerprint density at radius 2 is 1.77 bits per heavy atom. The van der Waals surface area contributed by atoms with E-state index in [1.54, 1.807) is 36.4 Å². The first kappa shape index (κ1) is 23.5. The number of imide groups is 1. The van der Waals surface area contributed by atoms with Crippen LogP contribution in [0.1, 0.15) is 19.4 Å². The molecule has 2 aromatic rings. The zero-order chi connectivity index (χ0) is 22.4. The van der Waals surface area contributed by atoms with Crippen molar-refractivity contribution in [1.82, 2.24) is 4.90 Å². The zero-order valence-corrected chi connectivity index (χ0v) is 20.2. The minimum atomic E-state index is -0.349. The molecule has 0 spiro atoms. The first-order valence-corrected chi connectivity index (χ1v) is 11.6. The second kappa shape index (κ2) is 10.9. The van der Waals surface area contributed by atoms with Crippen molar-refractivity contribution >= 4 is 56.5 Å². The third kappa shape index (κ3) is 5.96. The van der Waals surface area contributed by atoms with Gasteiger partial charge in [-0.15, -0.1) is 0 Å². The molecule has 1 aliphatic rings. The van der Waals surface area contributed by atoms with Crippen LogP contribution < -0.4 is 14.2 Å². The van der Waals surface area contributed by atoms with E-state index in [4.69, 9.17) is 25.8 Å². The van der Waals surface area contributed by atoms with E-state index in [1.165, 1.54) is 4.90 Å². The molecule has 2 amide bonds. The molecule has 0 N–H and O–H groups in total. The van der Waals surface area contributed by atoms with Gasteiger partial charge in [0.25, 0.3) is 11.1 Å². The molecule has 164 valence electrons. The SMILES string of the molecule is CCOc1cc(/C=C2\SC(=O)N(CCOc3ccc(Cl)cc3)C2=O)cc(Br)c1OCC. The fraction of sp³-hybridized carbons (Fsp3) is 0.273. The van der Waals surface area contributed by atoms with Crippen LogP contribution in [0, 0.1) is 0 Å². The van der Waals surface area contributed by atoms with Gasteiger partial charge in [-0.25, -0.2) is 0 Å². The summed E-state index contributed by atoms with van der Waals surface area (Å²) in [5, 5.41) is 0.280. The molecule has 31 heavy (non-hydrogen) atoms. The molecule has 6 nitrogen and oxygen atoms in total. The summed E-state index contributed by atoms with van der Waals surface area (Å²) in [6.45, 7) is 5.09. The number of ether oxygens (including phenoxy) is 3. The molecule has 2 aromatic carbocycles. The Labute approximate surface area is 198 Å². The van der Waals surface area contributed by atoms with Gasteiger partial charge in [-0.05, 0) is 89.6 Å². The van der Waals surface area contributed by atoms with Crippen molar-refractivity contribution in [1.29, 1.82) is 0 Å². The molecule has 0 aliphatic carbocycles. The number of hydrogen-bond donors (Lipinski definition) is 0. The Kier molecular flexibility index (Phi) is 8.28.